The van der Waals surface area contributed by atoms with Crippen LogP contribution < -0.4 is 5.11 Å². The molecule has 4 atom stereocenters. The third-order valence-corrected chi connectivity index (χ3v) is 2.43. The van der Waals surface area contributed by atoms with Crippen LogP contribution in [-0.4, -0.2) is 69.5 Å². The predicted molar refractivity (Wildman–Crippen MR) is 43.6 cm³/mol. The smallest absolute Gasteiger partial charge is 0.122 e. The van der Waals surface area contributed by atoms with Crippen LogP contribution >= 0.6 is 0 Å². The first-order chi connectivity index (χ1) is 7.06. The summed E-state index contributed by atoms with van der Waals surface area (Å²) in [6, 6.07) is 0. The Morgan fingerprint density at radius 3 is 1.88 bits per heavy atom. The highest BCUT2D eigenvalue weighted by molar-refractivity contribution is 7.85. The number of rotatable bonds is 6. The minimum absolute atomic E-state index is 1.43. The number of hydrogen-bond acceptors (Lipinski definition) is 9. The van der Waals surface area contributed by atoms with Crippen molar-refractivity contribution in [1.82, 2.24) is 0 Å². The molecule has 0 aliphatic carbocycles. The summed E-state index contributed by atoms with van der Waals surface area (Å²) < 4.78 is 30.5. The number of carbonyl (C=O) groups is 1. The quantitative estimate of drug-likeness (QED) is 0.338. The van der Waals surface area contributed by atoms with E-state index in [2.05, 4.69) is 0 Å². The van der Waals surface area contributed by atoms with Gasteiger partial charge in [0.25, 0.3) is 0 Å². The van der Waals surface area contributed by atoms with Crippen molar-refractivity contribution < 1.29 is 43.3 Å². The van der Waals surface area contributed by atoms with Crippen LogP contribution in [0.2, 0.25) is 0 Å². The van der Waals surface area contributed by atoms with Gasteiger partial charge in [0.15, 0.2) is 0 Å². The van der Waals surface area contributed by atoms with Gasteiger partial charge in [0.1, 0.15) is 18.3 Å². The molecule has 0 saturated heterocycles. The standard InChI is InChI=1S/C6H12O9S/c7-2(1-16(13,14)15)3(8)4(9)5(10)6(11)12/h2-5,7-10H,1H2,(H,11,12)(H,13,14,15)/p-2/t2-,3-,4+,5-/m1/s1. The minimum Gasteiger partial charge on any atom is -0.748 e. The van der Waals surface area contributed by atoms with Crippen LogP contribution in [0.15, 0.2) is 0 Å². The average molecular weight is 258 g/mol. The summed E-state index contributed by atoms with van der Waals surface area (Å²) in [4.78, 5) is 10.1. The second-order valence-electron chi connectivity index (χ2n) is 3.04. The van der Waals surface area contributed by atoms with Crippen molar-refractivity contribution in [2.75, 3.05) is 5.75 Å². The summed E-state index contributed by atoms with van der Waals surface area (Å²) >= 11 is 0. The monoisotopic (exact) mass is 258 g/mol. The molecule has 0 bridgehead atoms. The first kappa shape index (κ1) is 15.2. The molecule has 0 aromatic carbocycles. The van der Waals surface area contributed by atoms with Gasteiger partial charge in [0.2, 0.25) is 0 Å². The van der Waals surface area contributed by atoms with Gasteiger partial charge in [0, 0.05) is 0 Å². The van der Waals surface area contributed by atoms with Crippen LogP contribution in [0.25, 0.3) is 0 Å². The molecule has 10 heteroatoms. The van der Waals surface area contributed by atoms with Crippen LogP contribution in [0.4, 0.5) is 0 Å². The summed E-state index contributed by atoms with van der Waals surface area (Å²) in [6.45, 7) is 0. The maximum absolute atomic E-state index is 10.2. The molecule has 0 rings (SSSR count). The van der Waals surface area contributed by atoms with Gasteiger partial charge in [-0.2, -0.15) is 0 Å². The average Bonchev–Trinajstić information content (AvgIpc) is 2.11. The fourth-order valence-corrected chi connectivity index (χ4v) is 1.48. The summed E-state index contributed by atoms with van der Waals surface area (Å²) in [5.41, 5.74) is 0. The van der Waals surface area contributed by atoms with Gasteiger partial charge >= 0.3 is 0 Å². The minimum atomic E-state index is -4.86. The summed E-state index contributed by atoms with van der Waals surface area (Å²) in [5, 5.41) is 45.7. The zero-order chi connectivity index (χ0) is 13.1. The van der Waals surface area contributed by atoms with Crippen LogP contribution in [0.3, 0.4) is 0 Å². The number of aliphatic hydroxyl groups excluding tert-OH is 4. The Labute approximate surface area is 90.3 Å². The highest BCUT2D eigenvalue weighted by Crippen LogP contribution is 2.06. The second-order valence-corrected chi connectivity index (χ2v) is 4.49. The van der Waals surface area contributed by atoms with E-state index in [1.807, 2.05) is 0 Å². The van der Waals surface area contributed by atoms with Crippen molar-refractivity contribution >= 4 is 16.1 Å². The molecule has 0 aliphatic heterocycles. The first-order valence-electron chi connectivity index (χ1n) is 3.93. The molecular formula is C6H10O9S-2. The Balaban J connectivity index is 4.55. The van der Waals surface area contributed by atoms with Crippen molar-refractivity contribution in [2.45, 2.75) is 24.4 Å². The number of aliphatic carboxylic acids is 1. The number of hydrogen-bond donors (Lipinski definition) is 4. The molecule has 0 radical (unpaired) electrons. The van der Waals surface area contributed by atoms with E-state index in [0.717, 1.165) is 0 Å². The van der Waals surface area contributed by atoms with Gasteiger partial charge in [-0.25, -0.2) is 8.42 Å². The molecule has 0 spiro atoms. The molecular weight excluding hydrogens is 248 g/mol. The number of carbonyl (C=O) groups excluding carboxylic acids is 1. The predicted octanol–water partition coefficient (Wildman–Crippen LogP) is -5.27. The lowest BCUT2D eigenvalue weighted by Crippen LogP contribution is -2.52. The molecule has 4 N–H and O–H groups in total. The Kier molecular flexibility index (Phi) is 5.25. The lowest BCUT2D eigenvalue weighted by molar-refractivity contribution is -0.320. The van der Waals surface area contributed by atoms with Gasteiger partial charge in [0.05, 0.1) is 27.9 Å². The van der Waals surface area contributed by atoms with Crippen LogP contribution in [0.1, 0.15) is 0 Å². The highest BCUT2D eigenvalue weighted by Gasteiger charge is 2.31. The molecule has 0 saturated carbocycles. The van der Waals surface area contributed by atoms with E-state index >= 15 is 0 Å². The molecule has 9 nitrogen and oxygen atoms in total. The lowest BCUT2D eigenvalue weighted by Gasteiger charge is -2.27. The van der Waals surface area contributed by atoms with E-state index in [4.69, 9.17) is 20.4 Å². The van der Waals surface area contributed by atoms with E-state index < -0.39 is 46.3 Å². The van der Waals surface area contributed by atoms with Crippen molar-refractivity contribution in [3.05, 3.63) is 0 Å². The van der Waals surface area contributed by atoms with Gasteiger partial charge in [-0.05, 0) is 0 Å². The Hall–Kier alpha value is -0.780. The van der Waals surface area contributed by atoms with Crippen LogP contribution in [0, 0.1) is 0 Å². The van der Waals surface area contributed by atoms with Crippen molar-refractivity contribution in [3.63, 3.8) is 0 Å². The maximum atomic E-state index is 10.2. The van der Waals surface area contributed by atoms with Crippen LogP contribution in [0.5, 0.6) is 0 Å². The number of carboxylic acid groups (broad SMARTS) is 1. The third kappa shape index (κ3) is 4.83. The second kappa shape index (κ2) is 5.52. The SMILES string of the molecule is O=C([O-])[C@H](O)[C@@H](O)[C@H](O)[C@H](O)CS(=O)(=O)[O-]. The van der Waals surface area contributed by atoms with Crippen LogP contribution in [-0.2, 0) is 14.9 Å². The normalized spacial score (nSPS) is 19.8. The lowest BCUT2D eigenvalue weighted by atomic mass is 10.0. The molecule has 16 heavy (non-hydrogen) atoms. The van der Waals surface area contributed by atoms with Gasteiger partial charge in [-0.15, -0.1) is 0 Å². The topological polar surface area (TPSA) is 178 Å². The van der Waals surface area contributed by atoms with Gasteiger partial charge in [-0.3, -0.25) is 0 Å². The first-order valence-corrected chi connectivity index (χ1v) is 5.50. The molecule has 0 heterocycles. The number of aliphatic hydroxyl groups is 4. The zero-order valence-electron chi connectivity index (χ0n) is 7.75. The summed E-state index contributed by atoms with van der Waals surface area (Å²) in [7, 11) is -4.86. The van der Waals surface area contributed by atoms with Gasteiger partial charge in [-0.1, -0.05) is 0 Å². The summed E-state index contributed by atoms with van der Waals surface area (Å²) in [6.07, 6.45) is -9.41. The molecule has 0 aromatic rings. The fraction of sp³-hybridized carbons (Fsp3) is 0.833. The zero-order valence-corrected chi connectivity index (χ0v) is 8.57. The fourth-order valence-electron chi connectivity index (χ4n) is 0.862. The molecule has 0 amide bonds. The molecule has 96 valence electrons. The highest BCUT2D eigenvalue weighted by atomic mass is 32.2. The van der Waals surface area contributed by atoms with E-state index in [9.17, 15) is 22.9 Å². The Bertz CT molecular complexity index is 336. The van der Waals surface area contributed by atoms with E-state index in [1.165, 1.54) is 0 Å². The maximum Gasteiger partial charge on any atom is 0.122 e. The van der Waals surface area contributed by atoms with E-state index in [0.29, 0.717) is 0 Å². The molecule has 0 aromatic heterocycles. The van der Waals surface area contributed by atoms with E-state index in [-0.39, 0.29) is 0 Å². The van der Waals surface area contributed by atoms with Crippen molar-refractivity contribution in [3.8, 4) is 0 Å². The third-order valence-electron chi connectivity index (χ3n) is 1.68. The Morgan fingerprint density at radius 2 is 1.56 bits per heavy atom. The van der Waals surface area contributed by atoms with Crippen molar-refractivity contribution in [1.29, 1.82) is 0 Å². The summed E-state index contributed by atoms with van der Waals surface area (Å²) in [5.74, 6) is -3.55. The van der Waals surface area contributed by atoms with Gasteiger partial charge < -0.3 is 34.9 Å². The Morgan fingerprint density at radius 1 is 1.12 bits per heavy atom. The largest absolute Gasteiger partial charge is 0.748 e. The molecule has 0 aliphatic rings. The molecule has 0 fully saturated rings. The number of carboxylic acids is 1. The van der Waals surface area contributed by atoms with Crippen molar-refractivity contribution in [2.24, 2.45) is 0 Å². The van der Waals surface area contributed by atoms with E-state index in [1.54, 1.807) is 0 Å². The molecule has 0 unspecified atom stereocenters.